The minimum atomic E-state index is -4.41. The first kappa shape index (κ1) is 25.5. The van der Waals surface area contributed by atoms with Crippen LogP contribution in [0.4, 0.5) is 18.9 Å². The normalized spacial score (nSPS) is 18.6. The first-order valence-corrected chi connectivity index (χ1v) is 11.4. The zero-order chi connectivity index (χ0) is 24.9. The Labute approximate surface area is 196 Å². The van der Waals surface area contributed by atoms with Crippen molar-refractivity contribution in [3.05, 3.63) is 36.0 Å². The molecule has 0 spiro atoms. The number of nitrogens with zero attached hydrogens (tertiary/aromatic N) is 3. The summed E-state index contributed by atoms with van der Waals surface area (Å²) in [4.78, 5) is 32.2. The molecule has 2 aromatic rings. The molecule has 10 heteroatoms. The van der Waals surface area contributed by atoms with Crippen LogP contribution < -0.4 is 10.2 Å². The topological polar surface area (TPSA) is 89.4 Å². The van der Waals surface area contributed by atoms with Crippen LogP contribution in [0.2, 0.25) is 0 Å². The summed E-state index contributed by atoms with van der Waals surface area (Å²) >= 11 is 0. The van der Waals surface area contributed by atoms with E-state index in [0.717, 1.165) is 6.21 Å². The second-order valence-electron chi connectivity index (χ2n) is 8.43. The molecule has 0 unspecified atom stereocenters. The minimum Gasteiger partial charge on any atom is -0.368 e. The summed E-state index contributed by atoms with van der Waals surface area (Å²) in [6.07, 6.45) is -1.93. The molecule has 1 saturated heterocycles. The number of rotatable bonds is 8. The van der Waals surface area contributed by atoms with Crippen molar-refractivity contribution in [2.45, 2.75) is 45.3 Å². The van der Waals surface area contributed by atoms with E-state index in [-0.39, 0.29) is 38.3 Å². The molecule has 184 valence electrons. The molecule has 7 nitrogen and oxygen atoms in total. The quantitative estimate of drug-likeness (QED) is 0.567. The Morgan fingerprint density at radius 3 is 2.59 bits per heavy atom. The summed E-state index contributed by atoms with van der Waals surface area (Å²) in [5.41, 5.74) is 1.70. The predicted octanol–water partition coefficient (Wildman–Crippen LogP) is 3.75. The Kier molecular flexibility index (Phi) is 8.11. The number of carbonyl (C=O) groups excluding carboxylic acids is 2. The van der Waals surface area contributed by atoms with Crippen molar-refractivity contribution < 1.29 is 22.8 Å². The van der Waals surface area contributed by atoms with Gasteiger partial charge in [-0.1, -0.05) is 0 Å². The van der Waals surface area contributed by atoms with Gasteiger partial charge in [0.1, 0.15) is 0 Å². The Hall–Kier alpha value is -3.17. The Morgan fingerprint density at radius 1 is 1.21 bits per heavy atom. The fourth-order valence-corrected chi connectivity index (χ4v) is 4.46. The third-order valence-electron chi connectivity index (χ3n) is 6.23. The molecular weight excluding hydrogens is 447 g/mol. The lowest BCUT2D eigenvalue weighted by Gasteiger charge is -2.40. The van der Waals surface area contributed by atoms with Crippen molar-refractivity contribution in [1.29, 1.82) is 5.41 Å². The number of alkyl halides is 3. The van der Waals surface area contributed by atoms with Gasteiger partial charge in [0.15, 0.2) is 0 Å². The molecule has 1 aromatic heterocycles. The van der Waals surface area contributed by atoms with Gasteiger partial charge in [-0.2, -0.15) is 13.2 Å². The number of anilines is 1. The molecule has 2 atom stereocenters. The van der Waals surface area contributed by atoms with Gasteiger partial charge in [-0.3, -0.25) is 14.6 Å². The fourth-order valence-electron chi connectivity index (χ4n) is 4.46. The van der Waals surface area contributed by atoms with Gasteiger partial charge >= 0.3 is 6.18 Å². The second kappa shape index (κ2) is 10.8. The van der Waals surface area contributed by atoms with E-state index in [9.17, 15) is 22.8 Å². The number of hydrogen-bond donors (Lipinski definition) is 2. The lowest BCUT2D eigenvalue weighted by atomic mass is 9.92. The summed E-state index contributed by atoms with van der Waals surface area (Å²) < 4.78 is 41.3. The van der Waals surface area contributed by atoms with Gasteiger partial charge in [0.2, 0.25) is 11.8 Å². The first-order chi connectivity index (χ1) is 16.2. The van der Waals surface area contributed by atoms with Crippen molar-refractivity contribution in [3.8, 4) is 0 Å². The zero-order valence-electron chi connectivity index (χ0n) is 19.4. The van der Waals surface area contributed by atoms with E-state index in [0.29, 0.717) is 35.2 Å². The highest BCUT2D eigenvalue weighted by atomic mass is 19.4. The third-order valence-corrected chi connectivity index (χ3v) is 6.23. The van der Waals surface area contributed by atoms with E-state index < -0.39 is 24.0 Å². The van der Waals surface area contributed by atoms with Crippen LogP contribution in [-0.2, 0) is 9.59 Å². The molecule has 0 radical (unpaired) electrons. The van der Waals surface area contributed by atoms with Crippen molar-refractivity contribution in [2.24, 2.45) is 5.92 Å². The molecule has 34 heavy (non-hydrogen) atoms. The summed E-state index contributed by atoms with van der Waals surface area (Å²) in [5, 5.41) is 11.0. The van der Waals surface area contributed by atoms with Gasteiger partial charge in [-0.15, -0.1) is 0 Å². The van der Waals surface area contributed by atoms with Crippen LogP contribution in [0.1, 0.15) is 38.7 Å². The largest absolute Gasteiger partial charge is 0.393 e. The highest BCUT2D eigenvalue weighted by Gasteiger charge is 2.45. The molecule has 2 amide bonds. The van der Waals surface area contributed by atoms with E-state index >= 15 is 0 Å². The van der Waals surface area contributed by atoms with Gasteiger partial charge < -0.3 is 20.5 Å². The molecule has 1 aliphatic rings. The maximum atomic E-state index is 13.8. The Balaban J connectivity index is 1.79. The summed E-state index contributed by atoms with van der Waals surface area (Å²) in [5.74, 6) is -2.19. The zero-order valence-corrected chi connectivity index (χ0v) is 19.4. The lowest BCUT2D eigenvalue weighted by Crippen LogP contribution is -2.54. The molecule has 1 aromatic carbocycles. The Bertz CT molecular complexity index is 1040. The highest BCUT2D eigenvalue weighted by molar-refractivity contribution is 6.02. The molecule has 0 saturated carbocycles. The smallest absolute Gasteiger partial charge is 0.368 e. The number of nitrogens with one attached hydrogen (secondary N) is 2. The van der Waals surface area contributed by atoms with Crippen LogP contribution in [0, 0.1) is 11.3 Å². The maximum absolute atomic E-state index is 13.8. The molecule has 0 aliphatic carbocycles. The molecule has 2 N–H and O–H groups in total. The first-order valence-electron chi connectivity index (χ1n) is 11.4. The van der Waals surface area contributed by atoms with Gasteiger partial charge in [-0.25, -0.2) is 0 Å². The molecule has 0 bridgehead atoms. The van der Waals surface area contributed by atoms with Crippen LogP contribution in [0.15, 0.2) is 30.5 Å². The van der Waals surface area contributed by atoms with Crippen molar-refractivity contribution in [3.63, 3.8) is 0 Å². The highest BCUT2D eigenvalue weighted by Crippen LogP contribution is 2.37. The number of pyridine rings is 1. The monoisotopic (exact) mass is 477 g/mol. The average Bonchev–Trinajstić information content (AvgIpc) is 2.82. The second-order valence-corrected chi connectivity index (χ2v) is 8.43. The molecule has 2 heterocycles. The maximum Gasteiger partial charge on any atom is 0.393 e. The molecular formula is C24H30F3N5O2. The number of carbonyl (C=O) groups is 2. The van der Waals surface area contributed by atoms with Crippen molar-refractivity contribution >= 4 is 34.6 Å². The standard InChI is InChI=1S/C24H30F3N5O2/c1-3-31(4-2)22(34)10-9-21(33)30-18-12-17(24(25,26)27)14-32(15-18)20-8-7-16(13-28)23-19(20)6-5-11-29-23/h5-8,11,13,17-18,28H,3-4,9-10,12,14-15H2,1-2H3,(H,30,33)/t17-,18+/m0/s1. The number of fused-ring (bicyclic) bond motifs is 1. The number of halogens is 3. The summed E-state index contributed by atoms with van der Waals surface area (Å²) in [7, 11) is 0. The van der Waals surface area contributed by atoms with Gasteiger partial charge in [-0.05, 0) is 44.5 Å². The SMILES string of the molecule is CCN(CC)C(=O)CCC(=O)N[C@@H]1C[C@H](C(F)(F)F)CN(c2ccc(C=N)c3ncccc23)C1. The van der Waals surface area contributed by atoms with Gasteiger partial charge in [0.25, 0.3) is 0 Å². The lowest BCUT2D eigenvalue weighted by molar-refractivity contribution is -0.178. The van der Waals surface area contributed by atoms with Crippen LogP contribution in [0.25, 0.3) is 10.9 Å². The van der Waals surface area contributed by atoms with E-state index in [1.54, 1.807) is 40.3 Å². The number of piperidine rings is 1. The predicted molar refractivity (Wildman–Crippen MR) is 125 cm³/mol. The number of aromatic nitrogens is 1. The third kappa shape index (κ3) is 5.84. The molecule has 1 fully saturated rings. The number of benzene rings is 1. The molecule has 1 aliphatic heterocycles. The number of amides is 2. The minimum absolute atomic E-state index is 0.0219. The fraction of sp³-hybridized carbons (Fsp3) is 0.500. The summed E-state index contributed by atoms with van der Waals surface area (Å²) in [6.45, 7) is 4.76. The average molecular weight is 478 g/mol. The van der Waals surface area contributed by atoms with Crippen molar-refractivity contribution in [1.82, 2.24) is 15.2 Å². The van der Waals surface area contributed by atoms with Crippen LogP contribution in [0.3, 0.4) is 0 Å². The number of hydrogen-bond acceptors (Lipinski definition) is 5. The van der Waals surface area contributed by atoms with Crippen molar-refractivity contribution in [2.75, 3.05) is 31.1 Å². The van der Waals surface area contributed by atoms with E-state index in [1.165, 1.54) is 0 Å². The molecule has 3 rings (SSSR count). The van der Waals surface area contributed by atoms with Gasteiger partial charge in [0.05, 0.1) is 11.4 Å². The van der Waals surface area contributed by atoms with Crippen LogP contribution in [0.5, 0.6) is 0 Å². The van der Waals surface area contributed by atoms with Gasteiger partial charge in [0, 0.05) is 74.1 Å². The van der Waals surface area contributed by atoms with E-state index in [1.807, 2.05) is 13.8 Å². The van der Waals surface area contributed by atoms with Crippen LogP contribution in [-0.4, -0.2) is 66.3 Å². The summed E-state index contributed by atoms with van der Waals surface area (Å²) in [6, 6.07) is 6.13. The van der Waals surface area contributed by atoms with E-state index in [2.05, 4.69) is 10.3 Å². The van der Waals surface area contributed by atoms with E-state index in [4.69, 9.17) is 5.41 Å². The Morgan fingerprint density at radius 2 is 1.94 bits per heavy atom. The van der Waals surface area contributed by atoms with Crippen LogP contribution >= 0.6 is 0 Å².